The molecule has 0 radical (unpaired) electrons. The maximum Gasteiger partial charge on any atom is 0.435 e. The summed E-state index contributed by atoms with van der Waals surface area (Å²) in [5.74, 6) is 0. The summed E-state index contributed by atoms with van der Waals surface area (Å²) in [5.41, 5.74) is -7.84. The van der Waals surface area contributed by atoms with E-state index >= 15 is 0 Å². The van der Waals surface area contributed by atoms with Gasteiger partial charge < -0.3 is 0 Å². The maximum absolute atomic E-state index is 14.7. The first-order valence-electron chi connectivity index (χ1n) is 6.85. The molecule has 0 aliphatic heterocycles. The minimum atomic E-state index is -6.21. The van der Waals surface area contributed by atoms with Crippen molar-refractivity contribution in [2.75, 3.05) is 0 Å². The molecule has 0 saturated carbocycles. The highest BCUT2D eigenvalue weighted by Gasteiger charge is 2.74. The SMILES string of the molecule is Cc1cc(C)c(-c2cccnc2Cl)c(C(F)(C(F)(F)F)C(F)(F)F)c1. The first kappa shape index (κ1) is 19.5. The van der Waals surface area contributed by atoms with Gasteiger partial charge in [-0.3, -0.25) is 0 Å². The van der Waals surface area contributed by atoms with Gasteiger partial charge in [0.05, 0.1) is 0 Å². The normalized spacial score (nSPS) is 13.2. The quantitative estimate of drug-likeness (QED) is 0.436. The molecule has 9 heteroatoms. The molecule has 2 rings (SSSR count). The van der Waals surface area contributed by atoms with E-state index in [1.54, 1.807) is 0 Å². The van der Waals surface area contributed by atoms with Gasteiger partial charge in [-0.15, -0.1) is 0 Å². The smallest absolute Gasteiger partial charge is 0.244 e. The highest BCUT2D eigenvalue weighted by molar-refractivity contribution is 6.32. The number of alkyl halides is 7. The largest absolute Gasteiger partial charge is 0.435 e. The summed E-state index contributed by atoms with van der Waals surface area (Å²) in [6, 6.07) is 4.34. The van der Waals surface area contributed by atoms with Crippen LogP contribution < -0.4 is 0 Å². The predicted molar refractivity (Wildman–Crippen MR) is 79.1 cm³/mol. The van der Waals surface area contributed by atoms with Crippen molar-refractivity contribution in [1.82, 2.24) is 4.98 Å². The third kappa shape index (κ3) is 3.19. The molecule has 136 valence electrons. The molecule has 0 fully saturated rings. The molecule has 0 amide bonds. The molecule has 0 unspecified atom stereocenters. The van der Waals surface area contributed by atoms with E-state index in [0.29, 0.717) is 6.07 Å². The lowest BCUT2D eigenvalue weighted by Crippen LogP contribution is -2.50. The lowest BCUT2D eigenvalue weighted by molar-refractivity contribution is -0.348. The summed E-state index contributed by atoms with van der Waals surface area (Å²) in [5, 5.41) is -0.331. The van der Waals surface area contributed by atoms with Crippen molar-refractivity contribution in [3.8, 4) is 11.1 Å². The Hall–Kier alpha value is -1.83. The van der Waals surface area contributed by atoms with Gasteiger partial charge in [0.2, 0.25) is 0 Å². The molecule has 0 saturated heterocycles. The average molecular weight is 386 g/mol. The van der Waals surface area contributed by atoms with Crippen molar-refractivity contribution in [3.63, 3.8) is 0 Å². The van der Waals surface area contributed by atoms with E-state index in [1.807, 2.05) is 0 Å². The van der Waals surface area contributed by atoms with Gasteiger partial charge in [-0.25, -0.2) is 9.37 Å². The van der Waals surface area contributed by atoms with Crippen LogP contribution >= 0.6 is 11.6 Å². The number of hydrogen-bond donors (Lipinski definition) is 0. The monoisotopic (exact) mass is 385 g/mol. The minimum Gasteiger partial charge on any atom is -0.244 e. The fraction of sp³-hybridized carbons (Fsp3) is 0.312. The second kappa shape index (κ2) is 6.16. The highest BCUT2D eigenvalue weighted by atomic mass is 35.5. The van der Waals surface area contributed by atoms with Crippen molar-refractivity contribution in [1.29, 1.82) is 0 Å². The van der Waals surface area contributed by atoms with E-state index in [1.165, 1.54) is 38.2 Å². The van der Waals surface area contributed by atoms with Gasteiger partial charge >= 0.3 is 18.0 Å². The van der Waals surface area contributed by atoms with Crippen LogP contribution in [0, 0.1) is 13.8 Å². The maximum atomic E-state index is 14.7. The molecule has 0 N–H and O–H groups in total. The summed E-state index contributed by atoms with van der Waals surface area (Å²) in [6.45, 7) is 2.56. The van der Waals surface area contributed by atoms with Crippen molar-refractivity contribution in [2.45, 2.75) is 31.9 Å². The molecular weight excluding hydrogens is 375 g/mol. The van der Waals surface area contributed by atoms with Crippen LogP contribution in [0.2, 0.25) is 5.15 Å². The molecule has 1 aromatic heterocycles. The lowest BCUT2D eigenvalue weighted by Gasteiger charge is -2.32. The standard InChI is InChI=1S/C16H11ClF7N/c1-8-6-9(2)12(10-4-3-5-25-13(10)17)11(7-8)14(18,15(19,20)21)16(22,23)24/h3-7H,1-2H3. The topological polar surface area (TPSA) is 12.9 Å². The number of nitrogens with zero attached hydrogens (tertiary/aromatic N) is 1. The van der Waals surface area contributed by atoms with Crippen LogP contribution in [-0.4, -0.2) is 17.3 Å². The summed E-state index contributed by atoms with van der Waals surface area (Å²) in [6.07, 6.45) is -11.2. The Morgan fingerprint density at radius 1 is 0.920 bits per heavy atom. The molecule has 0 spiro atoms. The molecule has 0 aliphatic rings. The Labute approximate surface area is 143 Å². The van der Waals surface area contributed by atoms with Crippen molar-refractivity contribution >= 4 is 11.6 Å². The molecule has 0 atom stereocenters. The molecule has 0 bridgehead atoms. The summed E-state index contributed by atoms with van der Waals surface area (Å²) in [7, 11) is 0. The van der Waals surface area contributed by atoms with Gasteiger partial charge in [0.25, 0.3) is 0 Å². The number of hydrogen-bond acceptors (Lipinski definition) is 1. The second-order valence-electron chi connectivity index (χ2n) is 5.50. The van der Waals surface area contributed by atoms with Gasteiger partial charge in [0, 0.05) is 17.3 Å². The fourth-order valence-electron chi connectivity index (χ4n) is 2.64. The molecule has 1 aromatic carbocycles. The first-order chi connectivity index (χ1) is 11.3. The Bertz CT molecular complexity index is 782. The Kier molecular flexibility index (Phi) is 4.80. The van der Waals surface area contributed by atoms with E-state index in [-0.39, 0.29) is 21.8 Å². The van der Waals surface area contributed by atoms with Crippen molar-refractivity contribution < 1.29 is 30.7 Å². The van der Waals surface area contributed by atoms with E-state index in [4.69, 9.17) is 11.6 Å². The molecular formula is C16H11ClF7N. The number of benzene rings is 1. The van der Waals surface area contributed by atoms with Gasteiger partial charge in [-0.2, -0.15) is 26.3 Å². The van der Waals surface area contributed by atoms with Gasteiger partial charge in [-0.05, 0) is 37.1 Å². The Morgan fingerprint density at radius 3 is 1.96 bits per heavy atom. The summed E-state index contributed by atoms with van der Waals surface area (Å²) in [4.78, 5) is 3.65. The Morgan fingerprint density at radius 2 is 1.48 bits per heavy atom. The summed E-state index contributed by atoms with van der Waals surface area (Å²) < 4.78 is 93.9. The summed E-state index contributed by atoms with van der Waals surface area (Å²) >= 11 is 5.83. The van der Waals surface area contributed by atoms with Gasteiger partial charge in [0.1, 0.15) is 5.15 Å². The van der Waals surface area contributed by atoms with Crippen LogP contribution in [0.4, 0.5) is 30.7 Å². The van der Waals surface area contributed by atoms with E-state index in [9.17, 15) is 30.7 Å². The van der Waals surface area contributed by atoms with Crippen LogP contribution in [0.15, 0.2) is 30.5 Å². The Balaban J connectivity index is 2.97. The molecule has 1 heterocycles. The molecule has 25 heavy (non-hydrogen) atoms. The predicted octanol–water partition coefficient (Wildman–Crippen LogP) is 6.31. The molecule has 1 nitrogen and oxygen atoms in total. The number of aryl methyl sites for hydroxylation is 2. The highest BCUT2D eigenvalue weighted by Crippen LogP contribution is 2.56. The lowest BCUT2D eigenvalue weighted by atomic mass is 9.84. The third-order valence-corrected chi connectivity index (χ3v) is 3.96. The zero-order chi connectivity index (χ0) is 19.2. The number of rotatable bonds is 2. The second-order valence-corrected chi connectivity index (χ2v) is 5.86. The van der Waals surface area contributed by atoms with Crippen LogP contribution in [0.25, 0.3) is 11.1 Å². The third-order valence-electron chi connectivity index (χ3n) is 3.66. The average Bonchev–Trinajstić information content (AvgIpc) is 2.44. The molecule has 2 aromatic rings. The van der Waals surface area contributed by atoms with Crippen LogP contribution in [-0.2, 0) is 5.67 Å². The van der Waals surface area contributed by atoms with Crippen LogP contribution in [0.3, 0.4) is 0 Å². The zero-order valence-corrected chi connectivity index (χ0v) is 13.6. The first-order valence-corrected chi connectivity index (χ1v) is 7.23. The molecule has 0 aliphatic carbocycles. The van der Waals surface area contributed by atoms with Gasteiger partial charge in [-0.1, -0.05) is 29.3 Å². The van der Waals surface area contributed by atoms with Crippen molar-refractivity contribution in [2.24, 2.45) is 0 Å². The minimum absolute atomic E-state index is 0.0143. The van der Waals surface area contributed by atoms with Crippen LogP contribution in [0.5, 0.6) is 0 Å². The zero-order valence-electron chi connectivity index (χ0n) is 12.9. The van der Waals surface area contributed by atoms with Crippen LogP contribution in [0.1, 0.15) is 16.7 Å². The van der Waals surface area contributed by atoms with E-state index in [2.05, 4.69) is 4.98 Å². The van der Waals surface area contributed by atoms with E-state index in [0.717, 1.165) is 0 Å². The van der Waals surface area contributed by atoms with E-state index < -0.39 is 29.1 Å². The number of halogens is 8. The van der Waals surface area contributed by atoms with Crippen molar-refractivity contribution in [3.05, 3.63) is 52.3 Å². The van der Waals surface area contributed by atoms with Gasteiger partial charge in [0.15, 0.2) is 0 Å². The fourth-order valence-corrected chi connectivity index (χ4v) is 2.85. The number of aromatic nitrogens is 1. The number of pyridine rings is 1.